The SMILES string of the molecule is CCc1ccc2c(c1)CCCC2(CN)N(C)C. The molecule has 17 heavy (non-hydrogen) atoms. The van der Waals surface area contributed by atoms with Crippen LogP contribution in [0.25, 0.3) is 0 Å². The lowest BCUT2D eigenvalue weighted by Gasteiger charge is -2.43. The first-order chi connectivity index (χ1) is 8.14. The molecule has 0 aromatic heterocycles. The lowest BCUT2D eigenvalue weighted by Crippen LogP contribution is -2.49. The smallest absolute Gasteiger partial charge is 0.0581 e. The highest BCUT2D eigenvalue weighted by Crippen LogP contribution is 2.38. The summed E-state index contributed by atoms with van der Waals surface area (Å²) in [5, 5.41) is 0. The second-order valence-electron chi connectivity index (χ2n) is 5.33. The fraction of sp³-hybridized carbons (Fsp3) is 0.600. The van der Waals surface area contributed by atoms with Gasteiger partial charge in [-0.25, -0.2) is 0 Å². The van der Waals surface area contributed by atoms with E-state index < -0.39 is 0 Å². The second kappa shape index (κ2) is 4.79. The van der Waals surface area contributed by atoms with Crippen molar-refractivity contribution >= 4 is 0 Å². The van der Waals surface area contributed by atoms with Crippen molar-refractivity contribution in [1.82, 2.24) is 4.90 Å². The third kappa shape index (κ3) is 2.00. The number of rotatable bonds is 3. The minimum Gasteiger partial charge on any atom is -0.328 e. The first kappa shape index (κ1) is 12.6. The highest BCUT2D eigenvalue weighted by Gasteiger charge is 2.37. The Morgan fingerprint density at radius 1 is 1.35 bits per heavy atom. The van der Waals surface area contributed by atoms with Gasteiger partial charge in [0, 0.05) is 6.54 Å². The van der Waals surface area contributed by atoms with Gasteiger partial charge < -0.3 is 5.73 Å². The van der Waals surface area contributed by atoms with Crippen LogP contribution in [0.4, 0.5) is 0 Å². The molecule has 0 fully saturated rings. The molecular weight excluding hydrogens is 208 g/mol. The molecule has 2 nitrogen and oxygen atoms in total. The van der Waals surface area contributed by atoms with E-state index >= 15 is 0 Å². The van der Waals surface area contributed by atoms with Gasteiger partial charge in [0.05, 0.1) is 5.54 Å². The van der Waals surface area contributed by atoms with Gasteiger partial charge in [0.2, 0.25) is 0 Å². The molecule has 1 unspecified atom stereocenters. The number of aryl methyl sites for hydroxylation is 2. The zero-order valence-corrected chi connectivity index (χ0v) is 11.3. The Kier molecular flexibility index (Phi) is 3.55. The molecule has 94 valence electrons. The molecule has 1 aromatic carbocycles. The third-order valence-electron chi connectivity index (χ3n) is 4.31. The summed E-state index contributed by atoms with van der Waals surface area (Å²) in [6.45, 7) is 2.92. The number of benzene rings is 1. The maximum absolute atomic E-state index is 6.08. The lowest BCUT2D eigenvalue weighted by molar-refractivity contribution is 0.135. The summed E-state index contributed by atoms with van der Waals surface area (Å²) >= 11 is 0. The first-order valence-corrected chi connectivity index (χ1v) is 6.64. The molecule has 1 aliphatic rings. The van der Waals surface area contributed by atoms with Crippen LogP contribution in [0.2, 0.25) is 0 Å². The molecule has 2 N–H and O–H groups in total. The summed E-state index contributed by atoms with van der Waals surface area (Å²) < 4.78 is 0. The van der Waals surface area contributed by atoms with Gasteiger partial charge in [-0.15, -0.1) is 0 Å². The minimum absolute atomic E-state index is 0.0554. The molecule has 1 aromatic rings. The Labute approximate surface area is 105 Å². The molecule has 0 saturated heterocycles. The van der Waals surface area contributed by atoms with Crippen LogP contribution >= 0.6 is 0 Å². The van der Waals surface area contributed by atoms with Gasteiger partial charge in [-0.05, 0) is 56.5 Å². The molecular formula is C15H24N2. The van der Waals surface area contributed by atoms with Crippen molar-refractivity contribution in [1.29, 1.82) is 0 Å². The molecule has 2 rings (SSSR count). The average Bonchev–Trinajstić information content (AvgIpc) is 2.36. The Balaban J connectivity index is 2.50. The van der Waals surface area contributed by atoms with Crippen molar-refractivity contribution in [2.45, 2.75) is 38.1 Å². The summed E-state index contributed by atoms with van der Waals surface area (Å²) in [6, 6.07) is 6.95. The highest BCUT2D eigenvalue weighted by molar-refractivity contribution is 5.39. The van der Waals surface area contributed by atoms with Crippen LogP contribution in [0.5, 0.6) is 0 Å². The van der Waals surface area contributed by atoms with E-state index in [4.69, 9.17) is 5.73 Å². The van der Waals surface area contributed by atoms with Crippen molar-refractivity contribution < 1.29 is 0 Å². The fourth-order valence-corrected chi connectivity index (χ4v) is 3.09. The van der Waals surface area contributed by atoms with Gasteiger partial charge in [0.1, 0.15) is 0 Å². The van der Waals surface area contributed by atoms with E-state index in [9.17, 15) is 0 Å². The lowest BCUT2D eigenvalue weighted by atomic mass is 9.75. The van der Waals surface area contributed by atoms with Gasteiger partial charge in [-0.2, -0.15) is 0 Å². The van der Waals surface area contributed by atoms with Crippen LogP contribution in [0.1, 0.15) is 36.5 Å². The van der Waals surface area contributed by atoms with Crippen molar-refractivity contribution in [3.63, 3.8) is 0 Å². The molecule has 0 amide bonds. The largest absolute Gasteiger partial charge is 0.328 e. The predicted octanol–water partition coefficient (Wildman–Crippen LogP) is 2.30. The van der Waals surface area contributed by atoms with Crippen LogP contribution in [0, 0.1) is 0 Å². The third-order valence-corrected chi connectivity index (χ3v) is 4.31. The highest BCUT2D eigenvalue weighted by atomic mass is 15.2. The zero-order chi connectivity index (χ0) is 12.5. The number of nitrogens with zero attached hydrogens (tertiary/aromatic N) is 1. The summed E-state index contributed by atoms with van der Waals surface area (Å²) in [5.41, 5.74) is 10.5. The van der Waals surface area contributed by atoms with Crippen LogP contribution in [0.3, 0.4) is 0 Å². The van der Waals surface area contributed by atoms with E-state index in [1.54, 1.807) is 0 Å². The number of hydrogen-bond donors (Lipinski definition) is 1. The Morgan fingerprint density at radius 2 is 2.12 bits per heavy atom. The summed E-state index contributed by atoms with van der Waals surface area (Å²) in [5.74, 6) is 0. The molecule has 0 aliphatic heterocycles. The maximum Gasteiger partial charge on any atom is 0.0581 e. The first-order valence-electron chi connectivity index (χ1n) is 6.64. The molecule has 0 heterocycles. The molecule has 2 heteroatoms. The van der Waals surface area contributed by atoms with Crippen molar-refractivity contribution in [3.8, 4) is 0 Å². The Bertz CT molecular complexity index is 398. The Morgan fingerprint density at radius 3 is 2.71 bits per heavy atom. The fourth-order valence-electron chi connectivity index (χ4n) is 3.09. The molecule has 1 aliphatic carbocycles. The monoisotopic (exact) mass is 232 g/mol. The number of hydrogen-bond acceptors (Lipinski definition) is 2. The number of nitrogens with two attached hydrogens (primary N) is 1. The number of fused-ring (bicyclic) bond motifs is 1. The van der Waals surface area contributed by atoms with Crippen LogP contribution in [-0.4, -0.2) is 25.5 Å². The normalized spacial score (nSPS) is 23.8. The summed E-state index contributed by atoms with van der Waals surface area (Å²) in [4.78, 5) is 2.30. The van der Waals surface area contributed by atoms with E-state index in [0.29, 0.717) is 6.54 Å². The summed E-state index contributed by atoms with van der Waals surface area (Å²) in [6.07, 6.45) is 4.74. The van der Waals surface area contributed by atoms with Crippen LogP contribution in [0.15, 0.2) is 18.2 Å². The van der Waals surface area contributed by atoms with Gasteiger partial charge >= 0.3 is 0 Å². The van der Waals surface area contributed by atoms with Gasteiger partial charge in [0.15, 0.2) is 0 Å². The molecule has 0 radical (unpaired) electrons. The van der Waals surface area contributed by atoms with Crippen molar-refractivity contribution in [3.05, 3.63) is 34.9 Å². The van der Waals surface area contributed by atoms with E-state index in [1.807, 2.05) is 0 Å². The van der Waals surface area contributed by atoms with E-state index in [-0.39, 0.29) is 5.54 Å². The van der Waals surface area contributed by atoms with E-state index in [1.165, 1.54) is 36.0 Å². The molecule has 1 atom stereocenters. The second-order valence-corrected chi connectivity index (χ2v) is 5.33. The summed E-state index contributed by atoms with van der Waals surface area (Å²) in [7, 11) is 4.30. The topological polar surface area (TPSA) is 29.3 Å². The predicted molar refractivity (Wildman–Crippen MR) is 73.2 cm³/mol. The van der Waals surface area contributed by atoms with Gasteiger partial charge in [0.25, 0.3) is 0 Å². The van der Waals surface area contributed by atoms with Crippen LogP contribution < -0.4 is 5.73 Å². The zero-order valence-electron chi connectivity index (χ0n) is 11.3. The average molecular weight is 232 g/mol. The number of likely N-dealkylation sites (N-methyl/N-ethyl adjacent to an activating group) is 1. The maximum atomic E-state index is 6.08. The van der Waals surface area contributed by atoms with Crippen molar-refractivity contribution in [2.75, 3.05) is 20.6 Å². The van der Waals surface area contributed by atoms with E-state index in [0.717, 1.165) is 6.42 Å². The molecule has 0 spiro atoms. The standard InChI is InChI=1S/C15H24N2/c1-4-12-7-8-14-13(10-12)6-5-9-15(14,11-16)17(2)3/h7-8,10H,4-6,9,11,16H2,1-3H3. The van der Waals surface area contributed by atoms with Gasteiger partial charge in [-0.1, -0.05) is 25.1 Å². The quantitative estimate of drug-likeness (QED) is 0.866. The van der Waals surface area contributed by atoms with Gasteiger partial charge in [-0.3, -0.25) is 4.90 Å². The Hall–Kier alpha value is -0.860. The molecule has 0 bridgehead atoms. The van der Waals surface area contributed by atoms with Crippen molar-refractivity contribution in [2.24, 2.45) is 5.73 Å². The van der Waals surface area contributed by atoms with Crippen LogP contribution in [-0.2, 0) is 18.4 Å². The minimum atomic E-state index is 0.0554. The van der Waals surface area contributed by atoms with E-state index in [2.05, 4.69) is 44.1 Å². The molecule has 0 saturated carbocycles.